The molecule has 2 N–H and O–H groups in total. The summed E-state index contributed by atoms with van der Waals surface area (Å²) in [6.45, 7) is 1.51. The van der Waals surface area contributed by atoms with Crippen molar-refractivity contribution in [2.45, 2.75) is 12.8 Å². The summed E-state index contributed by atoms with van der Waals surface area (Å²) < 4.78 is 20.6. The van der Waals surface area contributed by atoms with Gasteiger partial charge in [-0.1, -0.05) is 23.2 Å². The van der Waals surface area contributed by atoms with Crippen molar-refractivity contribution in [3.05, 3.63) is 27.7 Å². The minimum absolute atomic E-state index is 0.00713. The summed E-state index contributed by atoms with van der Waals surface area (Å²) in [6, 6.07) is 2.48. The fraction of sp³-hybridized carbons (Fsp3) is 0.364. The van der Waals surface area contributed by atoms with Crippen molar-refractivity contribution in [2.75, 3.05) is 13.2 Å². The van der Waals surface area contributed by atoms with E-state index in [2.05, 4.69) is 4.74 Å². The van der Waals surface area contributed by atoms with E-state index in [0.29, 0.717) is 0 Å². The predicted molar refractivity (Wildman–Crippen MR) is 73.4 cm³/mol. The summed E-state index contributed by atoms with van der Waals surface area (Å²) in [5.41, 5.74) is 0.0760. The van der Waals surface area contributed by atoms with Crippen LogP contribution in [0.15, 0.2) is 12.1 Å². The van der Waals surface area contributed by atoms with Gasteiger partial charge in [-0.15, -0.1) is 0 Å². The van der Waals surface area contributed by atoms with E-state index in [-0.39, 0.29) is 34.6 Å². The van der Waals surface area contributed by atoms with E-state index in [1.165, 1.54) is 12.1 Å². The number of halogens is 2. The lowest BCUT2D eigenvalue weighted by molar-refractivity contribution is -0.145. The predicted octanol–water partition coefficient (Wildman–Crippen LogP) is 2.66. The molecule has 2 unspecified atom stereocenters. The molecule has 0 fully saturated rings. The van der Waals surface area contributed by atoms with Crippen LogP contribution in [0.2, 0.25) is 10.0 Å². The molecule has 1 aromatic rings. The molecule has 1 aromatic carbocycles. The molecule has 1 rings (SSSR count). The molecule has 0 aliphatic carbocycles. The van der Waals surface area contributed by atoms with Crippen molar-refractivity contribution in [1.82, 2.24) is 0 Å². The van der Waals surface area contributed by atoms with Gasteiger partial charge >= 0.3 is 19.8 Å². The Labute approximate surface area is 126 Å². The molecule has 0 saturated heterocycles. The van der Waals surface area contributed by atoms with E-state index in [1.807, 2.05) is 0 Å². The fourth-order valence-electron chi connectivity index (χ4n) is 1.33. The number of esters is 1. The van der Waals surface area contributed by atoms with Crippen molar-refractivity contribution in [1.29, 1.82) is 0 Å². The van der Waals surface area contributed by atoms with Gasteiger partial charge in [0, 0.05) is 5.56 Å². The van der Waals surface area contributed by atoms with Gasteiger partial charge in [0.1, 0.15) is 0 Å². The van der Waals surface area contributed by atoms with E-state index in [9.17, 15) is 14.5 Å². The average molecular weight is 342 g/mol. The molecular formula is C11H12Cl2O6P+. The van der Waals surface area contributed by atoms with Crippen molar-refractivity contribution >= 4 is 37.2 Å². The Hall–Kier alpha value is -0.910. The number of ether oxygens (including phenoxy) is 2. The van der Waals surface area contributed by atoms with E-state index in [1.54, 1.807) is 6.92 Å². The van der Waals surface area contributed by atoms with Crippen LogP contribution >= 0.6 is 31.2 Å². The summed E-state index contributed by atoms with van der Waals surface area (Å²) in [5, 5.41) is 9.47. The van der Waals surface area contributed by atoms with Gasteiger partial charge in [-0.25, -0.2) is 4.79 Å². The van der Waals surface area contributed by atoms with Gasteiger partial charge in [-0.2, -0.15) is 4.89 Å². The largest absolute Gasteiger partial charge is 0.542 e. The summed E-state index contributed by atoms with van der Waals surface area (Å²) in [7, 11) is -2.82. The van der Waals surface area contributed by atoms with Crippen LogP contribution in [0.25, 0.3) is 0 Å². The second-order valence-corrected chi connectivity index (χ2v) is 5.49. The molecular weight excluding hydrogens is 330 g/mol. The van der Waals surface area contributed by atoms with E-state index in [0.717, 1.165) is 0 Å². The zero-order valence-electron chi connectivity index (χ0n) is 10.4. The molecule has 0 aliphatic heterocycles. The van der Waals surface area contributed by atoms with Crippen LogP contribution in [0.4, 0.5) is 0 Å². The molecule has 0 bridgehead atoms. The molecule has 0 aliphatic rings. The van der Waals surface area contributed by atoms with E-state index >= 15 is 0 Å². The maximum absolute atomic E-state index is 11.2. The van der Waals surface area contributed by atoms with Crippen LogP contribution in [0.3, 0.4) is 0 Å². The maximum atomic E-state index is 11.2. The van der Waals surface area contributed by atoms with Gasteiger partial charge in [0.25, 0.3) is 0 Å². The van der Waals surface area contributed by atoms with Crippen LogP contribution in [0.1, 0.15) is 18.3 Å². The topological polar surface area (TPSA) is 93.1 Å². The van der Waals surface area contributed by atoms with Crippen LogP contribution in [0.5, 0.6) is 5.75 Å². The molecule has 0 amide bonds. The third-order valence-corrected chi connectivity index (χ3v) is 3.45. The second-order valence-electron chi connectivity index (χ2n) is 3.58. The Morgan fingerprint density at radius 3 is 2.40 bits per heavy atom. The summed E-state index contributed by atoms with van der Waals surface area (Å²) in [4.78, 5) is 20.0. The lowest BCUT2D eigenvalue weighted by Gasteiger charge is -2.10. The number of hydrogen-bond acceptors (Lipinski definition) is 5. The molecule has 6 nitrogen and oxygen atoms in total. The SMILES string of the molecule is CCOC(=O)COc1c(Cl)cc(C(O)[P+](=O)O)cc1Cl. The van der Waals surface area contributed by atoms with Gasteiger partial charge in [0.2, 0.25) is 0 Å². The van der Waals surface area contributed by atoms with Crippen LogP contribution in [-0.2, 0) is 14.1 Å². The summed E-state index contributed by atoms with van der Waals surface area (Å²) in [6.07, 6.45) is 0. The number of benzene rings is 1. The van der Waals surface area contributed by atoms with Gasteiger partial charge in [-0.05, 0) is 23.6 Å². The normalized spacial score (nSPS) is 12.8. The van der Waals surface area contributed by atoms with Crippen molar-refractivity contribution in [2.24, 2.45) is 0 Å². The first kappa shape index (κ1) is 17.1. The van der Waals surface area contributed by atoms with E-state index in [4.69, 9.17) is 32.8 Å². The highest BCUT2D eigenvalue weighted by Crippen LogP contribution is 2.41. The zero-order chi connectivity index (χ0) is 15.3. The molecule has 0 spiro atoms. The van der Waals surface area contributed by atoms with Crippen LogP contribution in [-0.4, -0.2) is 29.2 Å². The molecule has 9 heteroatoms. The van der Waals surface area contributed by atoms with Crippen molar-refractivity contribution in [3.63, 3.8) is 0 Å². The van der Waals surface area contributed by atoms with Crippen LogP contribution < -0.4 is 4.74 Å². The van der Waals surface area contributed by atoms with Gasteiger partial charge < -0.3 is 14.6 Å². The highest BCUT2D eigenvalue weighted by atomic mass is 35.5. The van der Waals surface area contributed by atoms with Gasteiger partial charge in [0.05, 0.1) is 16.7 Å². The van der Waals surface area contributed by atoms with Gasteiger partial charge in [-0.3, -0.25) is 0 Å². The smallest absolute Gasteiger partial charge is 0.479 e. The average Bonchev–Trinajstić information content (AvgIpc) is 2.36. The first-order valence-electron chi connectivity index (χ1n) is 5.47. The fourth-order valence-corrected chi connectivity index (χ4v) is 2.34. The molecule has 0 aromatic heterocycles. The van der Waals surface area contributed by atoms with E-state index < -0.39 is 19.8 Å². The Balaban J connectivity index is 2.89. The quantitative estimate of drug-likeness (QED) is 0.610. The minimum Gasteiger partial charge on any atom is -0.479 e. The molecule has 2 atom stereocenters. The van der Waals surface area contributed by atoms with Crippen molar-refractivity contribution in [3.8, 4) is 5.75 Å². The molecule has 20 heavy (non-hydrogen) atoms. The van der Waals surface area contributed by atoms with Crippen LogP contribution in [0, 0.1) is 0 Å². The number of rotatable bonds is 6. The lowest BCUT2D eigenvalue weighted by Crippen LogP contribution is -2.15. The zero-order valence-corrected chi connectivity index (χ0v) is 12.8. The first-order valence-corrected chi connectivity index (χ1v) is 7.51. The Morgan fingerprint density at radius 2 is 1.95 bits per heavy atom. The Bertz CT molecular complexity index is 499. The van der Waals surface area contributed by atoms with Gasteiger partial charge in [0.15, 0.2) is 12.4 Å². The second kappa shape index (κ2) is 7.76. The highest BCUT2D eigenvalue weighted by molar-refractivity contribution is 7.38. The minimum atomic E-state index is -2.82. The molecule has 0 heterocycles. The number of hydrogen-bond donors (Lipinski definition) is 2. The molecule has 0 saturated carbocycles. The van der Waals surface area contributed by atoms with Crippen molar-refractivity contribution < 1.29 is 28.8 Å². The maximum Gasteiger partial charge on any atom is 0.542 e. The number of aliphatic hydroxyl groups is 1. The highest BCUT2D eigenvalue weighted by Gasteiger charge is 2.29. The number of carbonyl (C=O) groups is 1. The number of aliphatic hydroxyl groups excluding tert-OH is 1. The lowest BCUT2D eigenvalue weighted by atomic mass is 10.2. The third kappa shape index (κ3) is 4.58. The summed E-state index contributed by atoms with van der Waals surface area (Å²) >= 11 is 11.8. The molecule has 0 radical (unpaired) electrons. The Morgan fingerprint density at radius 1 is 1.40 bits per heavy atom. The monoisotopic (exact) mass is 341 g/mol. The molecule has 110 valence electrons. The standard InChI is InChI=1S/C11H11Cl2O6P/c1-2-18-9(14)5-19-10-7(12)3-6(4-8(10)13)11(15)20(16)17/h3-4,11,15H,2,5H2,1H3/p+1. The number of carbonyl (C=O) groups excluding carboxylic acids is 1. The Kier molecular flexibility index (Phi) is 6.65. The third-order valence-electron chi connectivity index (χ3n) is 2.17. The summed E-state index contributed by atoms with van der Waals surface area (Å²) in [5.74, 6) is -2.15. The first-order chi connectivity index (χ1) is 9.36.